The van der Waals surface area contributed by atoms with Crippen molar-refractivity contribution in [1.29, 1.82) is 0 Å². The van der Waals surface area contributed by atoms with Gasteiger partial charge in [-0.25, -0.2) is 0 Å². The zero-order valence-electron chi connectivity index (χ0n) is 22.3. The summed E-state index contributed by atoms with van der Waals surface area (Å²) in [6.07, 6.45) is 1.16. The molecule has 4 rings (SSSR count). The van der Waals surface area contributed by atoms with E-state index in [1.807, 2.05) is 0 Å². The molecule has 0 radical (unpaired) electrons. The summed E-state index contributed by atoms with van der Waals surface area (Å²) in [6.45, 7) is 12.5. The summed E-state index contributed by atoms with van der Waals surface area (Å²) in [7, 11) is -0.944. The predicted molar refractivity (Wildman–Crippen MR) is 166 cm³/mol. The lowest BCUT2D eigenvalue weighted by atomic mass is 10.4. The fourth-order valence-electron chi connectivity index (χ4n) is 4.49. The number of hydrogen-bond donors (Lipinski definition) is 0. The van der Waals surface area contributed by atoms with E-state index in [2.05, 4.69) is 154 Å². The van der Waals surface area contributed by atoms with Crippen LogP contribution in [-0.4, -0.2) is 29.9 Å². The van der Waals surface area contributed by atoms with Crippen molar-refractivity contribution in [3.05, 3.63) is 121 Å². The standard InChI is InChI=1S/C27H26P2.C6H15N/c1-2-27(28(23-15-7-3-8-16-23)24-17-9-4-10-18-24)29(25-19-11-5-12-20-25)26-21-13-6-14-22-26;1-4-7(5-2)6-3/h3-22,27H,2H2,1H3;4-6H2,1-3H3. The van der Waals surface area contributed by atoms with Crippen LogP contribution in [0.5, 0.6) is 0 Å². The summed E-state index contributed by atoms with van der Waals surface area (Å²) < 4.78 is 0. The quantitative estimate of drug-likeness (QED) is 0.201. The number of hydrogen-bond acceptors (Lipinski definition) is 1. The van der Waals surface area contributed by atoms with E-state index in [0.29, 0.717) is 5.40 Å². The molecule has 188 valence electrons. The lowest BCUT2D eigenvalue weighted by molar-refractivity contribution is 0.321. The Kier molecular flexibility index (Phi) is 12.4. The van der Waals surface area contributed by atoms with Gasteiger partial charge < -0.3 is 4.90 Å². The van der Waals surface area contributed by atoms with E-state index in [-0.39, 0.29) is 0 Å². The molecule has 0 amide bonds. The molecule has 0 saturated carbocycles. The first-order valence-electron chi connectivity index (χ1n) is 13.2. The first-order valence-corrected chi connectivity index (χ1v) is 16.1. The Morgan fingerprint density at radius 3 is 0.861 bits per heavy atom. The predicted octanol–water partition coefficient (Wildman–Crippen LogP) is 7.34. The van der Waals surface area contributed by atoms with Crippen molar-refractivity contribution in [1.82, 2.24) is 4.90 Å². The van der Waals surface area contributed by atoms with Crippen LogP contribution in [0.4, 0.5) is 0 Å². The molecule has 0 atom stereocenters. The third kappa shape index (κ3) is 7.85. The summed E-state index contributed by atoms with van der Waals surface area (Å²) in [5, 5.41) is 6.47. The van der Waals surface area contributed by atoms with Crippen LogP contribution in [0.2, 0.25) is 0 Å². The van der Waals surface area contributed by atoms with Gasteiger partial charge in [-0.15, -0.1) is 0 Å². The van der Waals surface area contributed by atoms with Crippen molar-refractivity contribution < 1.29 is 0 Å². The molecule has 1 nitrogen and oxygen atoms in total. The Morgan fingerprint density at radius 1 is 0.444 bits per heavy atom. The number of benzene rings is 4. The maximum absolute atomic E-state index is 2.38. The van der Waals surface area contributed by atoms with E-state index in [4.69, 9.17) is 0 Å². The molecule has 0 unspecified atom stereocenters. The molecule has 0 saturated heterocycles. The normalized spacial score (nSPS) is 11.1. The topological polar surface area (TPSA) is 3.24 Å². The highest BCUT2D eigenvalue weighted by Gasteiger charge is 2.32. The van der Waals surface area contributed by atoms with E-state index in [9.17, 15) is 0 Å². The van der Waals surface area contributed by atoms with Crippen LogP contribution in [0.1, 0.15) is 34.1 Å². The van der Waals surface area contributed by atoms with Gasteiger partial charge in [0.1, 0.15) is 0 Å². The van der Waals surface area contributed by atoms with Gasteiger partial charge in [-0.3, -0.25) is 0 Å². The van der Waals surface area contributed by atoms with Crippen molar-refractivity contribution in [2.75, 3.05) is 19.6 Å². The monoisotopic (exact) mass is 513 g/mol. The van der Waals surface area contributed by atoms with Crippen LogP contribution < -0.4 is 21.2 Å². The highest BCUT2D eigenvalue weighted by atomic mass is 31.2. The second-order valence-electron chi connectivity index (χ2n) is 8.59. The largest absolute Gasteiger partial charge is 0.304 e. The second-order valence-corrected chi connectivity index (χ2v) is 13.8. The van der Waals surface area contributed by atoms with E-state index in [1.165, 1.54) is 40.9 Å². The van der Waals surface area contributed by atoms with Crippen LogP contribution in [0, 0.1) is 0 Å². The smallest absolute Gasteiger partial charge is 0.0152 e. The minimum Gasteiger partial charge on any atom is -0.304 e. The van der Waals surface area contributed by atoms with Gasteiger partial charge in [0.25, 0.3) is 0 Å². The third-order valence-corrected chi connectivity index (χ3v) is 13.2. The average Bonchev–Trinajstić information content (AvgIpc) is 2.96. The lowest BCUT2D eigenvalue weighted by Crippen LogP contribution is -2.27. The van der Waals surface area contributed by atoms with Crippen LogP contribution >= 0.6 is 15.8 Å². The lowest BCUT2D eigenvalue weighted by Gasteiger charge is -2.35. The molecule has 0 aromatic heterocycles. The molecule has 0 bridgehead atoms. The summed E-state index contributed by atoms with van der Waals surface area (Å²) in [5.41, 5.74) is 0. The van der Waals surface area contributed by atoms with Gasteiger partial charge in [0.2, 0.25) is 0 Å². The molecule has 0 aliphatic rings. The average molecular weight is 514 g/mol. The van der Waals surface area contributed by atoms with Gasteiger partial charge in [0, 0.05) is 5.40 Å². The Labute approximate surface area is 222 Å². The molecule has 36 heavy (non-hydrogen) atoms. The van der Waals surface area contributed by atoms with Gasteiger partial charge >= 0.3 is 0 Å². The highest BCUT2D eigenvalue weighted by Crippen LogP contribution is 2.57. The Hall–Kier alpha value is -2.30. The zero-order valence-corrected chi connectivity index (χ0v) is 24.1. The fourth-order valence-corrected chi connectivity index (χ4v) is 11.7. The van der Waals surface area contributed by atoms with Crippen molar-refractivity contribution >= 4 is 37.1 Å². The molecule has 3 heteroatoms. The maximum Gasteiger partial charge on any atom is 0.0152 e. The summed E-state index contributed by atoms with van der Waals surface area (Å²) in [6, 6.07) is 44.6. The molecule has 4 aromatic rings. The van der Waals surface area contributed by atoms with Gasteiger partial charge in [-0.2, -0.15) is 0 Å². The molecule has 0 spiro atoms. The first kappa shape index (κ1) is 28.3. The van der Waals surface area contributed by atoms with E-state index >= 15 is 0 Å². The van der Waals surface area contributed by atoms with Crippen LogP contribution in [-0.2, 0) is 0 Å². The van der Waals surface area contributed by atoms with Crippen LogP contribution in [0.15, 0.2) is 121 Å². The minimum atomic E-state index is -0.472. The number of rotatable bonds is 10. The first-order chi connectivity index (χ1) is 17.7. The van der Waals surface area contributed by atoms with Crippen LogP contribution in [0.25, 0.3) is 0 Å². The zero-order chi connectivity index (χ0) is 25.6. The van der Waals surface area contributed by atoms with Gasteiger partial charge in [-0.1, -0.05) is 149 Å². The highest BCUT2D eigenvalue weighted by molar-refractivity contribution is 7.89. The third-order valence-electron chi connectivity index (χ3n) is 6.44. The Morgan fingerprint density at radius 2 is 0.694 bits per heavy atom. The van der Waals surface area contributed by atoms with Crippen LogP contribution in [0.3, 0.4) is 0 Å². The van der Waals surface area contributed by atoms with Gasteiger partial charge in [0.15, 0.2) is 0 Å². The fraction of sp³-hybridized carbons (Fsp3) is 0.273. The second kappa shape index (κ2) is 15.7. The molecule has 0 N–H and O–H groups in total. The van der Waals surface area contributed by atoms with Crippen molar-refractivity contribution in [3.63, 3.8) is 0 Å². The number of nitrogens with zero attached hydrogens (tertiary/aromatic N) is 1. The summed E-state index contributed by atoms with van der Waals surface area (Å²) >= 11 is 0. The van der Waals surface area contributed by atoms with E-state index < -0.39 is 15.8 Å². The van der Waals surface area contributed by atoms with Gasteiger partial charge in [-0.05, 0) is 63.1 Å². The molecule has 0 aliphatic carbocycles. The molecule has 4 aromatic carbocycles. The minimum absolute atomic E-state index is 0.472. The Balaban J connectivity index is 0.000000454. The van der Waals surface area contributed by atoms with E-state index in [0.717, 1.165) is 6.42 Å². The Bertz CT molecular complexity index is 916. The van der Waals surface area contributed by atoms with Gasteiger partial charge in [0.05, 0.1) is 0 Å². The maximum atomic E-state index is 2.38. The summed E-state index contributed by atoms with van der Waals surface area (Å²) in [5.74, 6) is 0. The SMILES string of the molecule is CCC(P(c1ccccc1)c1ccccc1)P(c1ccccc1)c1ccccc1.CCN(CC)CC. The van der Waals surface area contributed by atoms with Crippen molar-refractivity contribution in [2.24, 2.45) is 0 Å². The molecular weight excluding hydrogens is 472 g/mol. The van der Waals surface area contributed by atoms with E-state index in [1.54, 1.807) is 0 Å². The molecule has 0 heterocycles. The van der Waals surface area contributed by atoms with Crippen molar-refractivity contribution in [2.45, 2.75) is 39.5 Å². The molecule has 0 fully saturated rings. The molecular formula is C33H41NP2. The molecule has 0 aliphatic heterocycles. The van der Waals surface area contributed by atoms with Crippen molar-refractivity contribution in [3.8, 4) is 0 Å². The summed E-state index contributed by atoms with van der Waals surface area (Å²) in [4.78, 5) is 2.38.